The Morgan fingerprint density at radius 1 is 0.750 bits per heavy atom. The highest BCUT2D eigenvalue weighted by Gasteiger charge is 2.00. The molecule has 0 atom stereocenters. The highest BCUT2D eigenvalue weighted by molar-refractivity contribution is 9.11. The van der Waals surface area contributed by atoms with Crippen LogP contribution < -0.4 is 5.32 Å². The summed E-state index contributed by atoms with van der Waals surface area (Å²) in [5, 5.41) is 3.34. The van der Waals surface area contributed by atoms with Crippen molar-refractivity contribution < 1.29 is 0 Å². The van der Waals surface area contributed by atoms with E-state index in [0.717, 1.165) is 24.8 Å². The van der Waals surface area contributed by atoms with Gasteiger partial charge in [0.05, 0.1) is 5.69 Å². The number of rotatable bonds is 2. The van der Waals surface area contributed by atoms with Crippen LogP contribution in [0.25, 0.3) is 0 Å². The Kier molecular flexibility index (Phi) is 4.05. The highest BCUT2D eigenvalue weighted by Crippen LogP contribution is 2.29. The van der Waals surface area contributed by atoms with Crippen molar-refractivity contribution in [3.05, 3.63) is 55.9 Å². The van der Waals surface area contributed by atoms with Gasteiger partial charge < -0.3 is 5.32 Å². The Labute approximate surface area is 120 Å². The quantitative estimate of drug-likeness (QED) is 0.674. The normalized spacial score (nSPS) is 10.2. The van der Waals surface area contributed by atoms with Gasteiger partial charge in [-0.05, 0) is 58.4 Å². The first kappa shape index (κ1) is 12.1. The number of anilines is 2. The summed E-state index contributed by atoms with van der Waals surface area (Å²) in [6.45, 7) is 0. The molecular weight excluding hydrogens is 398 g/mol. The lowest BCUT2D eigenvalue weighted by molar-refractivity contribution is 1.50. The van der Waals surface area contributed by atoms with Crippen LogP contribution in [0.5, 0.6) is 0 Å². The maximum absolute atomic E-state index is 3.52. The van der Waals surface area contributed by atoms with E-state index in [0.29, 0.717) is 0 Å². The Hall–Kier alpha value is -0.320. The van der Waals surface area contributed by atoms with Gasteiger partial charge in [-0.1, -0.05) is 31.9 Å². The molecule has 1 nitrogen and oxygen atoms in total. The molecule has 0 aliphatic rings. The SMILES string of the molecule is Brc1ccc(Nc2ccc(Br)cc2Br)cc1. The molecule has 0 heterocycles. The molecule has 0 fully saturated rings. The van der Waals surface area contributed by atoms with Gasteiger partial charge in [-0.15, -0.1) is 0 Å². The molecule has 2 aromatic rings. The zero-order chi connectivity index (χ0) is 11.5. The molecule has 0 spiro atoms. The van der Waals surface area contributed by atoms with Crippen LogP contribution in [0.4, 0.5) is 11.4 Å². The van der Waals surface area contributed by atoms with Crippen LogP contribution in [-0.4, -0.2) is 0 Å². The fourth-order valence-electron chi connectivity index (χ4n) is 1.28. The van der Waals surface area contributed by atoms with Gasteiger partial charge in [-0.2, -0.15) is 0 Å². The van der Waals surface area contributed by atoms with Crippen molar-refractivity contribution in [2.75, 3.05) is 5.32 Å². The molecule has 0 saturated carbocycles. The molecule has 0 aliphatic carbocycles. The van der Waals surface area contributed by atoms with Gasteiger partial charge in [0.1, 0.15) is 0 Å². The second kappa shape index (κ2) is 5.34. The number of hydrogen-bond donors (Lipinski definition) is 1. The summed E-state index contributed by atoms with van der Waals surface area (Å²) >= 11 is 10.4. The lowest BCUT2D eigenvalue weighted by atomic mass is 10.3. The van der Waals surface area contributed by atoms with E-state index in [4.69, 9.17) is 0 Å². The van der Waals surface area contributed by atoms with E-state index < -0.39 is 0 Å². The summed E-state index contributed by atoms with van der Waals surface area (Å²) in [6.07, 6.45) is 0. The number of hydrogen-bond acceptors (Lipinski definition) is 1. The summed E-state index contributed by atoms with van der Waals surface area (Å²) in [4.78, 5) is 0. The summed E-state index contributed by atoms with van der Waals surface area (Å²) in [5.74, 6) is 0. The summed E-state index contributed by atoms with van der Waals surface area (Å²) in [6, 6.07) is 14.1. The van der Waals surface area contributed by atoms with Gasteiger partial charge in [0.15, 0.2) is 0 Å². The van der Waals surface area contributed by atoms with E-state index in [1.807, 2.05) is 42.5 Å². The van der Waals surface area contributed by atoms with Crippen molar-refractivity contribution in [1.29, 1.82) is 0 Å². The molecule has 1 N–H and O–H groups in total. The van der Waals surface area contributed by atoms with Crippen molar-refractivity contribution in [2.24, 2.45) is 0 Å². The molecule has 0 aliphatic heterocycles. The van der Waals surface area contributed by atoms with Gasteiger partial charge in [0.2, 0.25) is 0 Å². The van der Waals surface area contributed by atoms with Crippen molar-refractivity contribution in [2.45, 2.75) is 0 Å². The minimum absolute atomic E-state index is 1.03. The minimum atomic E-state index is 1.03. The number of nitrogens with one attached hydrogen (secondary N) is 1. The Morgan fingerprint density at radius 2 is 1.38 bits per heavy atom. The Balaban J connectivity index is 2.23. The molecule has 2 aromatic carbocycles. The van der Waals surface area contributed by atoms with E-state index in [1.165, 1.54) is 0 Å². The van der Waals surface area contributed by atoms with Crippen molar-refractivity contribution >= 4 is 59.2 Å². The molecule has 4 heteroatoms. The molecule has 0 saturated heterocycles. The molecule has 0 bridgehead atoms. The molecule has 0 aromatic heterocycles. The van der Waals surface area contributed by atoms with Crippen molar-refractivity contribution in [1.82, 2.24) is 0 Å². The highest BCUT2D eigenvalue weighted by atomic mass is 79.9. The third-order valence-electron chi connectivity index (χ3n) is 2.05. The lowest BCUT2D eigenvalue weighted by Gasteiger charge is -2.08. The van der Waals surface area contributed by atoms with Crippen LogP contribution in [-0.2, 0) is 0 Å². The first-order chi connectivity index (χ1) is 7.65. The molecule has 82 valence electrons. The van der Waals surface area contributed by atoms with Gasteiger partial charge >= 0.3 is 0 Å². The number of benzene rings is 2. The standard InChI is InChI=1S/C12H8Br3N/c13-8-1-4-10(5-2-8)16-12-6-3-9(14)7-11(12)15/h1-7,16H. The summed E-state index contributed by atoms with van der Waals surface area (Å²) in [5.41, 5.74) is 2.11. The van der Waals surface area contributed by atoms with Gasteiger partial charge in [-0.25, -0.2) is 0 Å². The molecule has 0 unspecified atom stereocenters. The van der Waals surface area contributed by atoms with Crippen molar-refractivity contribution in [3.8, 4) is 0 Å². The third-order valence-corrected chi connectivity index (χ3v) is 3.73. The molecule has 0 radical (unpaired) electrons. The van der Waals surface area contributed by atoms with E-state index in [2.05, 4.69) is 53.1 Å². The van der Waals surface area contributed by atoms with Gasteiger partial charge in [0, 0.05) is 19.1 Å². The maximum atomic E-state index is 3.52. The first-order valence-corrected chi connectivity index (χ1v) is 7.01. The number of halogens is 3. The van der Waals surface area contributed by atoms with Crippen LogP contribution in [0.2, 0.25) is 0 Å². The summed E-state index contributed by atoms with van der Waals surface area (Å²) in [7, 11) is 0. The minimum Gasteiger partial charge on any atom is -0.355 e. The average Bonchev–Trinajstić information content (AvgIpc) is 2.25. The predicted octanol–water partition coefficient (Wildman–Crippen LogP) is 5.72. The van der Waals surface area contributed by atoms with Gasteiger partial charge in [-0.3, -0.25) is 0 Å². The molecule has 2 rings (SSSR count). The van der Waals surface area contributed by atoms with Crippen LogP contribution in [0.1, 0.15) is 0 Å². The molecular formula is C12H8Br3N. The maximum Gasteiger partial charge on any atom is 0.0529 e. The second-order valence-electron chi connectivity index (χ2n) is 3.26. The smallest absolute Gasteiger partial charge is 0.0529 e. The monoisotopic (exact) mass is 403 g/mol. The predicted molar refractivity (Wildman–Crippen MR) is 79.3 cm³/mol. The lowest BCUT2D eigenvalue weighted by Crippen LogP contribution is -1.90. The van der Waals surface area contributed by atoms with Crippen LogP contribution in [0, 0.1) is 0 Å². The van der Waals surface area contributed by atoms with E-state index >= 15 is 0 Å². The first-order valence-electron chi connectivity index (χ1n) is 4.63. The fourth-order valence-corrected chi connectivity index (χ4v) is 2.69. The second-order valence-corrected chi connectivity index (χ2v) is 5.94. The Bertz CT molecular complexity index is 494. The summed E-state index contributed by atoms with van der Waals surface area (Å²) < 4.78 is 3.17. The van der Waals surface area contributed by atoms with E-state index in [-0.39, 0.29) is 0 Å². The average molecular weight is 406 g/mol. The third kappa shape index (κ3) is 3.09. The zero-order valence-electron chi connectivity index (χ0n) is 8.18. The molecule has 16 heavy (non-hydrogen) atoms. The zero-order valence-corrected chi connectivity index (χ0v) is 12.9. The fraction of sp³-hybridized carbons (Fsp3) is 0. The van der Waals surface area contributed by atoms with Crippen LogP contribution in [0.3, 0.4) is 0 Å². The largest absolute Gasteiger partial charge is 0.355 e. The topological polar surface area (TPSA) is 12.0 Å². The Morgan fingerprint density at radius 3 is 2.00 bits per heavy atom. The van der Waals surface area contributed by atoms with Crippen LogP contribution >= 0.6 is 47.8 Å². The van der Waals surface area contributed by atoms with Gasteiger partial charge in [0.25, 0.3) is 0 Å². The van der Waals surface area contributed by atoms with E-state index in [1.54, 1.807) is 0 Å². The molecule has 0 amide bonds. The van der Waals surface area contributed by atoms with Crippen molar-refractivity contribution in [3.63, 3.8) is 0 Å². The van der Waals surface area contributed by atoms with Crippen LogP contribution in [0.15, 0.2) is 55.9 Å². The van der Waals surface area contributed by atoms with E-state index in [9.17, 15) is 0 Å².